The summed E-state index contributed by atoms with van der Waals surface area (Å²) in [6.07, 6.45) is 1.78. The first-order valence-corrected chi connectivity index (χ1v) is 6.65. The smallest absolute Gasteiger partial charge is 0.223 e. The van der Waals surface area contributed by atoms with Gasteiger partial charge >= 0.3 is 0 Å². The summed E-state index contributed by atoms with van der Waals surface area (Å²) >= 11 is 0. The van der Waals surface area contributed by atoms with E-state index in [1.807, 2.05) is 45.0 Å². The molecule has 1 amide bonds. The minimum atomic E-state index is 0.128. The minimum Gasteiger partial charge on any atom is -0.491 e. The maximum Gasteiger partial charge on any atom is 0.223 e. The van der Waals surface area contributed by atoms with Crippen molar-refractivity contribution in [3.63, 3.8) is 0 Å². The van der Waals surface area contributed by atoms with E-state index in [1.165, 1.54) is 0 Å². The van der Waals surface area contributed by atoms with Crippen LogP contribution in [0.2, 0.25) is 0 Å². The first kappa shape index (κ1) is 14.6. The molecule has 0 unspecified atom stereocenters. The van der Waals surface area contributed by atoms with Crippen LogP contribution < -0.4 is 10.1 Å². The zero-order chi connectivity index (χ0) is 13.4. The highest BCUT2D eigenvalue weighted by Gasteiger charge is 2.12. The van der Waals surface area contributed by atoms with Crippen LogP contribution in [-0.4, -0.2) is 19.1 Å². The van der Waals surface area contributed by atoms with Gasteiger partial charge in [0.15, 0.2) is 0 Å². The Morgan fingerprint density at radius 3 is 2.56 bits per heavy atom. The lowest BCUT2D eigenvalue weighted by atomic mass is 10.0. The standard InChI is InChI=1S/C15H23NO2/c1-4-13(5-2)15(17)16-10-11-18-14-9-7-6-8-12(14)3/h6-9,13H,4-5,10-11H2,1-3H3,(H,16,17). The van der Waals surface area contributed by atoms with E-state index in [0.29, 0.717) is 13.2 Å². The summed E-state index contributed by atoms with van der Waals surface area (Å²) in [5, 5.41) is 2.91. The Bertz CT molecular complexity index is 373. The average molecular weight is 249 g/mol. The lowest BCUT2D eigenvalue weighted by Crippen LogP contribution is -2.33. The Kier molecular flexibility index (Phi) is 6.26. The fourth-order valence-corrected chi connectivity index (χ4v) is 1.86. The number of carbonyl (C=O) groups excluding carboxylic acids is 1. The molecule has 1 N–H and O–H groups in total. The zero-order valence-corrected chi connectivity index (χ0v) is 11.5. The Balaban J connectivity index is 2.27. The molecule has 0 aliphatic carbocycles. The van der Waals surface area contributed by atoms with Crippen LogP contribution in [0.25, 0.3) is 0 Å². The molecule has 0 spiro atoms. The molecule has 0 saturated heterocycles. The highest BCUT2D eigenvalue weighted by atomic mass is 16.5. The van der Waals surface area contributed by atoms with Crippen LogP contribution in [-0.2, 0) is 4.79 Å². The van der Waals surface area contributed by atoms with E-state index in [4.69, 9.17) is 4.74 Å². The predicted molar refractivity (Wildman–Crippen MR) is 73.8 cm³/mol. The van der Waals surface area contributed by atoms with Crippen LogP contribution in [0.5, 0.6) is 5.75 Å². The number of rotatable bonds is 7. The molecule has 3 heteroatoms. The van der Waals surface area contributed by atoms with E-state index >= 15 is 0 Å². The predicted octanol–water partition coefficient (Wildman–Crippen LogP) is 2.93. The molecule has 3 nitrogen and oxygen atoms in total. The fraction of sp³-hybridized carbons (Fsp3) is 0.533. The molecule has 100 valence electrons. The molecule has 1 rings (SSSR count). The molecule has 0 radical (unpaired) electrons. The Morgan fingerprint density at radius 1 is 1.28 bits per heavy atom. The van der Waals surface area contributed by atoms with Crippen molar-refractivity contribution < 1.29 is 9.53 Å². The van der Waals surface area contributed by atoms with Gasteiger partial charge in [0.2, 0.25) is 5.91 Å². The molecule has 1 aromatic carbocycles. The molecule has 18 heavy (non-hydrogen) atoms. The minimum absolute atomic E-state index is 0.128. The van der Waals surface area contributed by atoms with Gasteiger partial charge in [0.25, 0.3) is 0 Å². The first-order chi connectivity index (χ1) is 8.69. The highest BCUT2D eigenvalue weighted by molar-refractivity contribution is 5.78. The molecule has 0 aliphatic heterocycles. The van der Waals surface area contributed by atoms with Crippen molar-refractivity contribution in [1.82, 2.24) is 5.32 Å². The van der Waals surface area contributed by atoms with Crippen LogP contribution in [0.15, 0.2) is 24.3 Å². The number of nitrogens with one attached hydrogen (secondary N) is 1. The van der Waals surface area contributed by atoms with Crippen molar-refractivity contribution in [3.05, 3.63) is 29.8 Å². The van der Waals surface area contributed by atoms with E-state index in [0.717, 1.165) is 24.2 Å². The molecule has 0 heterocycles. The Hall–Kier alpha value is -1.51. The third kappa shape index (κ3) is 4.40. The molecule has 0 saturated carbocycles. The number of aryl methyl sites for hydroxylation is 1. The molecule has 0 aromatic heterocycles. The molecule has 1 aromatic rings. The average Bonchev–Trinajstić information content (AvgIpc) is 2.38. The quantitative estimate of drug-likeness (QED) is 0.755. The van der Waals surface area contributed by atoms with Crippen molar-refractivity contribution in [3.8, 4) is 5.75 Å². The van der Waals surface area contributed by atoms with Crippen LogP contribution in [0.4, 0.5) is 0 Å². The molecular formula is C15H23NO2. The summed E-state index contributed by atoms with van der Waals surface area (Å²) in [7, 11) is 0. The number of hydrogen-bond acceptors (Lipinski definition) is 2. The lowest BCUT2D eigenvalue weighted by molar-refractivity contribution is -0.125. The SMILES string of the molecule is CCC(CC)C(=O)NCCOc1ccccc1C. The second-order valence-corrected chi connectivity index (χ2v) is 4.42. The number of amides is 1. The molecule has 0 aliphatic rings. The van der Waals surface area contributed by atoms with Crippen molar-refractivity contribution in [2.45, 2.75) is 33.6 Å². The molecule has 0 fully saturated rings. The van der Waals surface area contributed by atoms with E-state index < -0.39 is 0 Å². The largest absolute Gasteiger partial charge is 0.491 e. The van der Waals surface area contributed by atoms with Gasteiger partial charge < -0.3 is 10.1 Å². The summed E-state index contributed by atoms with van der Waals surface area (Å²) in [6, 6.07) is 7.89. The van der Waals surface area contributed by atoms with Gasteiger partial charge in [0.05, 0.1) is 6.54 Å². The van der Waals surface area contributed by atoms with Gasteiger partial charge in [-0.2, -0.15) is 0 Å². The third-order valence-corrected chi connectivity index (χ3v) is 3.11. The van der Waals surface area contributed by atoms with Crippen LogP contribution in [0.1, 0.15) is 32.3 Å². The van der Waals surface area contributed by atoms with Gasteiger partial charge in [0, 0.05) is 5.92 Å². The summed E-state index contributed by atoms with van der Waals surface area (Å²) in [5.74, 6) is 1.14. The highest BCUT2D eigenvalue weighted by Crippen LogP contribution is 2.15. The summed E-state index contributed by atoms with van der Waals surface area (Å²) in [6.45, 7) is 7.16. The van der Waals surface area contributed by atoms with Crippen molar-refractivity contribution >= 4 is 5.91 Å². The van der Waals surface area contributed by atoms with Crippen LogP contribution >= 0.6 is 0 Å². The summed E-state index contributed by atoms with van der Waals surface area (Å²) < 4.78 is 5.62. The van der Waals surface area contributed by atoms with Gasteiger partial charge in [-0.25, -0.2) is 0 Å². The van der Waals surface area contributed by atoms with Crippen LogP contribution in [0.3, 0.4) is 0 Å². The molecular weight excluding hydrogens is 226 g/mol. The maximum absolute atomic E-state index is 11.7. The molecule has 0 bridgehead atoms. The number of carbonyl (C=O) groups is 1. The van der Waals surface area contributed by atoms with E-state index in [2.05, 4.69) is 5.32 Å². The van der Waals surface area contributed by atoms with Crippen LogP contribution in [0, 0.1) is 12.8 Å². The normalized spacial score (nSPS) is 10.4. The number of ether oxygens (including phenoxy) is 1. The third-order valence-electron chi connectivity index (χ3n) is 3.11. The Labute approximate surface area is 110 Å². The lowest BCUT2D eigenvalue weighted by Gasteiger charge is -2.13. The number of benzene rings is 1. The summed E-state index contributed by atoms with van der Waals surface area (Å²) in [4.78, 5) is 11.7. The maximum atomic E-state index is 11.7. The van der Waals surface area contributed by atoms with Crippen molar-refractivity contribution in [2.75, 3.05) is 13.2 Å². The first-order valence-electron chi connectivity index (χ1n) is 6.65. The molecule has 0 atom stereocenters. The van der Waals surface area contributed by atoms with E-state index in [9.17, 15) is 4.79 Å². The monoisotopic (exact) mass is 249 g/mol. The topological polar surface area (TPSA) is 38.3 Å². The fourth-order valence-electron chi connectivity index (χ4n) is 1.86. The van der Waals surface area contributed by atoms with E-state index in [-0.39, 0.29) is 11.8 Å². The van der Waals surface area contributed by atoms with Crippen molar-refractivity contribution in [1.29, 1.82) is 0 Å². The number of hydrogen-bond donors (Lipinski definition) is 1. The second-order valence-electron chi connectivity index (χ2n) is 4.42. The van der Waals surface area contributed by atoms with Gasteiger partial charge in [-0.15, -0.1) is 0 Å². The Morgan fingerprint density at radius 2 is 1.94 bits per heavy atom. The van der Waals surface area contributed by atoms with Gasteiger partial charge in [0.1, 0.15) is 12.4 Å². The zero-order valence-electron chi connectivity index (χ0n) is 11.5. The van der Waals surface area contributed by atoms with Gasteiger partial charge in [-0.05, 0) is 31.4 Å². The second kappa shape index (κ2) is 7.75. The number of para-hydroxylation sites is 1. The van der Waals surface area contributed by atoms with E-state index in [1.54, 1.807) is 0 Å². The van der Waals surface area contributed by atoms with Gasteiger partial charge in [-0.1, -0.05) is 32.0 Å². The summed E-state index contributed by atoms with van der Waals surface area (Å²) in [5.41, 5.74) is 1.11. The van der Waals surface area contributed by atoms with Gasteiger partial charge in [-0.3, -0.25) is 4.79 Å². The van der Waals surface area contributed by atoms with Crippen molar-refractivity contribution in [2.24, 2.45) is 5.92 Å².